The second kappa shape index (κ2) is 5.72. The molecular weight excluding hydrogens is 290 g/mol. The number of benzene rings is 1. The summed E-state index contributed by atoms with van der Waals surface area (Å²) in [6, 6.07) is 9.96. The molecule has 3 heterocycles. The van der Waals surface area contributed by atoms with E-state index in [0.717, 1.165) is 42.9 Å². The molecule has 5 nitrogen and oxygen atoms in total. The molecule has 1 aromatic carbocycles. The number of carbonyl (C=O) groups excluding carboxylic acids is 1. The average Bonchev–Trinajstić information content (AvgIpc) is 3.23. The molecule has 23 heavy (non-hydrogen) atoms. The highest BCUT2D eigenvalue weighted by Gasteiger charge is 2.39. The number of nitrogens with one attached hydrogen (secondary N) is 1. The van der Waals surface area contributed by atoms with Crippen LogP contribution in [-0.4, -0.2) is 40.2 Å². The number of piperidine rings is 1. The monoisotopic (exact) mass is 311 g/mol. The molecule has 0 saturated carbocycles. The van der Waals surface area contributed by atoms with Crippen LogP contribution in [0.1, 0.15) is 42.9 Å². The van der Waals surface area contributed by atoms with E-state index in [0.29, 0.717) is 5.92 Å². The summed E-state index contributed by atoms with van der Waals surface area (Å²) in [6.45, 7) is 3.63. The predicted octanol–water partition coefficient (Wildman–Crippen LogP) is 2.68. The first kappa shape index (κ1) is 14.3. The van der Waals surface area contributed by atoms with E-state index in [1.54, 1.807) is 6.20 Å². The summed E-state index contributed by atoms with van der Waals surface area (Å²) < 4.78 is 5.95. The van der Waals surface area contributed by atoms with Crippen molar-refractivity contribution in [1.29, 1.82) is 0 Å². The Morgan fingerprint density at radius 3 is 3.00 bits per heavy atom. The zero-order valence-corrected chi connectivity index (χ0v) is 13.2. The molecule has 0 radical (unpaired) electrons. The molecule has 1 fully saturated rings. The van der Waals surface area contributed by atoms with Gasteiger partial charge < -0.3 is 9.64 Å². The van der Waals surface area contributed by atoms with Crippen LogP contribution < -0.4 is 4.74 Å². The molecule has 1 N–H and O–H groups in total. The van der Waals surface area contributed by atoms with Gasteiger partial charge in [-0.2, -0.15) is 5.10 Å². The lowest BCUT2D eigenvalue weighted by molar-refractivity contribution is -0.140. The van der Waals surface area contributed by atoms with Gasteiger partial charge >= 0.3 is 0 Å². The highest BCUT2D eigenvalue weighted by molar-refractivity contribution is 5.83. The van der Waals surface area contributed by atoms with Crippen molar-refractivity contribution in [3.63, 3.8) is 0 Å². The molecule has 2 aliphatic heterocycles. The van der Waals surface area contributed by atoms with Gasteiger partial charge in [0.1, 0.15) is 5.75 Å². The van der Waals surface area contributed by atoms with E-state index in [1.807, 2.05) is 29.2 Å². The lowest BCUT2D eigenvalue weighted by Gasteiger charge is -2.34. The second-order valence-corrected chi connectivity index (χ2v) is 6.50. The van der Waals surface area contributed by atoms with E-state index in [1.165, 1.54) is 0 Å². The SMILES string of the molecule is CC1c2ccccc2OC1C(=O)N1CCCC(c2ccn[nH]2)C1. The zero-order chi connectivity index (χ0) is 15.8. The number of amides is 1. The van der Waals surface area contributed by atoms with Gasteiger partial charge in [0.05, 0.1) is 0 Å². The summed E-state index contributed by atoms with van der Waals surface area (Å²) in [6.07, 6.45) is 3.49. The number of nitrogens with zero attached hydrogens (tertiary/aromatic N) is 2. The zero-order valence-electron chi connectivity index (χ0n) is 13.2. The third-order valence-corrected chi connectivity index (χ3v) is 5.06. The molecular formula is C18H21N3O2. The van der Waals surface area contributed by atoms with Gasteiger partial charge in [-0.05, 0) is 25.0 Å². The summed E-state index contributed by atoms with van der Waals surface area (Å²) in [5.41, 5.74) is 2.25. The Morgan fingerprint density at radius 2 is 2.22 bits per heavy atom. The van der Waals surface area contributed by atoms with Crippen LogP contribution in [0.15, 0.2) is 36.5 Å². The number of H-pyrrole nitrogens is 1. The van der Waals surface area contributed by atoms with Crippen LogP contribution in [0.3, 0.4) is 0 Å². The summed E-state index contributed by atoms with van der Waals surface area (Å²) in [4.78, 5) is 14.9. The smallest absolute Gasteiger partial charge is 0.264 e. The van der Waals surface area contributed by atoms with E-state index < -0.39 is 6.10 Å². The van der Waals surface area contributed by atoms with Gasteiger partial charge in [0.15, 0.2) is 6.10 Å². The summed E-state index contributed by atoms with van der Waals surface area (Å²) in [5, 5.41) is 7.07. The molecule has 1 aromatic heterocycles. The van der Waals surface area contributed by atoms with E-state index in [4.69, 9.17) is 4.74 Å². The van der Waals surface area contributed by atoms with E-state index in [-0.39, 0.29) is 11.8 Å². The molecule has 4 rings (SSSR count). The van der Waals surface area contributed by atoms with Crippen molar-refractivity contribution < 1.29 is 9.53 Å². The number of carbonyl (C=O) groups is 1. The molecule has 3 unspecified atom stereocenters. The van der Waals surface area contributed by atoms with Crippen LogP contribution >= 0.6 is 0 Å². The molecule has 1 amide bonds. The van der Waals surface area contributed by atoms with E-state index in [9.17, 15) is 4.79 Å². The molecule has 3 atom stereocenters. The minimum atomic E-state index is -0.395. The number of aromatic amines is 1. The number of aromatic nitrogens is 2. The van der Waals surface area contributed by atoms with Crippen molar-refractivity contribution in [3.05, 3.63) is 47.8 Å². The van der Waals surface area contributed by atoms with Gasteiger partial charge in [0.2, 0.25) is 0 Å². The number of hydrogen-bond donors (Lipinski definition) is 1. The van der Waals surface area contributed by atoms with Crippen molar-refractivity contribution in [3.8, 4) is 5.75 Å². The van der Waals surface area contributed by atoms with Gasteiger partial charge in [0.25, 0.3) is 5.91 Å². The maximum atomic E-state index is 13.0. The molecule has 0 bridgehead atoms. The largest absolute Gasteiger partial charge is 0.480 e. The molecule has 120 valence electrons. The van der Waals surface area contributed by atoms with Gasteiger partial charge in [0, 0.05) is 42.4 Å². The van der Waals surface area contributed by atoms with Crippen molar-refractivity contribution in [2.45, 2.75) is 37.7 Å². The van der Waals surface area contributed by atoms with Crippen LogP contribution in [0, 0.1) is 0 Å². The fourth-order valence-electron chi connectivity index (χ4n) is 3.74. The number of para-hydroxylation sites is 1. The number of likely N-dealkylation sites (tertiary alicyclic amines) is 1. The lowest BCUT2D eigenvalue weighted by Crippen LogP contribution is -2.46. The second-order valence-electron chi connectivity index (χ2n) is 6.50. The number of rotatable bonds is 2. The Kier molecular flexibility index (Phi) is 3.56. The Bertz CT molecular complexity index is 698. The van der Waals surface area contributed by atoms with Crippen molar-refractivity contribution in [1.82, 2.24) is 15.1 Å². The molecule has 2 aliphatic rings. The quantitative estimate of drug-likeness (QED) is 0.927. The Balaban J connectivity index is 1.49. The van der Waals surface area contributed by atoms with Crippen molar-refractivity contribution in [2.24, 2.45) is 0 Å². The third-order valence-electron chi connectivity index (χ3n) is 5.06. The minimum absolute atomic E-state index is 0.103. The Hall–Kier alpha value is -2.30. The standard InChI is InChI=1S/C18H21N3O2/c1-12-14-6-2-3-7-16(14)23-17(12)18(22)21-10-4-5-13(11-21)15-8-9-19-20-15/h2-3,6-9,12-13,17H,4-5,10-11H2,1H3,(H,19,20). The number of hydrogen-bond acceptors (Lipinski definition) is 3. The molecule has 0 aliphatic carbocycles. The van der Waals surface area contributed by atoms with Crippen molar-refractivity contribution >= 4 is 5.91 Å². The lowest BCUT2D eigenvalue weighted by atomic mass is 9.92. The maximum absolute atomic E-state index is 13.0. The fourth-order valence-corrected chi connectivity index (χ4v) is 3.74. The highest BCUT2D eigenvalue weighted by atomic mass is 16.5. The number of ether oxygens (including phenoxy) is 1. The van der Waals surface area contributed by atoms with Crippen LogP contribution in [0.25, 0.3) is 0 Å². The van der Waals surface area contributed by atoms with Crippen LogP contribution in [0.2, 0.25) is 0 Å². The van der Waals surface area contributed by atoms with E-state index in [2.05, 4.69) is 23.2 Å². The normalized spacial score (nSPS) is 26.7. The average molecular weight is 311 g/mol. The summed E-state index contributed by atoms with van der Waals surface area (Å²) in [7, 11) is 0. The molecule has 2 aromatic rings. The summed E-state index contributed by atoms with van der Waals surface area (Å²) in [5.74, 6) is 1.40. The fraction of sp³-hybridized carbons (Fsp3) is 0.444. The van der Waals surface area contributed by atoms with Crippen molar-refractivity contribution in [2.75, 3.05) is 13.1 Å². The first-order chi connectivity index (χ1) is 11.2. The van der Waals surface area contributed by atoms with Crippen LogP contribution in [0.5, 0.6) is 5.75 Å². The first-order valence-corrected chi connectivity index (χ1v) is 8.27. The maximum Gasteiger partial charge on any atom is 0.264 e. The topological polar surface area (TPSA) is 58.2 Å². The first-order valence-electron chi connectivity index (χ1n) is 8.27. The highest BCUT2D eigenvalue weighted by Crippen LogP contribution is 2.39. The molecule has 5 heteroatoms. The molecule has 1 saturated heterocycles. The van der Waals surface area contributed by atoms with Crippen LogP contribution in [0.4, 0.5) is 0 Å². The van der Waals surface area contributed by atoms with Gasteiger partial charge in [-0.1, -0.05) is 25.1 Å². The van der Waals surface area contributed by atoms with E-state index >= 15 is 0 Å². The Morgan fingerprint density at radius 1 is 1.35 bits per heavy atom. The van der Waals surface area contributed by atoms with Crippen LogP contribution in [-0.2, 0) is 4.79 Å². The van der Waals surface area contributed by atoms with Gasteiger partial charge in [-0.3, -0.25) is 9.89 Å². The minimum Gasteiger partial charge on any atom is -0.480 e. The third kappa shape index (κ3) is 2.50. The van der Waals surface area contributed by atoms with Gasteiger partial charge in [-0.15, -0.1) is 0 Å². The number of fused-ring (bicyclic) bond motifs is 1. The molecule has 0 spiro atoms. The predicted molar refractivity (Wildman–Crippen MR) is 86.4 cm³/mol. The van der Waals surface area contributed by atoms with Gasteiger partial charge in [-0.25, -0.2) is 0 Å². The summed E-state index contributed by atoms with van der Waals surface area (Å²) >= 11 is 0. The Labute approximate surface area is 135 Å².